The first-order valence-corrected chi connectivity index (χ1v) is 7.48. The van der Waals surface area contributed by atoms with Crippen LogP contribution in [-0.2, 0) is 19.1 Å². The fourth-order valence-corrected chi connectivity index (χ4v) is 1.48. The van der Waals surface area contributed by atoms with Gasteiger partial charge in [0.1, 0.15) is 23.7 Å². The van der Waals surface area contributed by atoms with E-state index in [0.29, 0.717) is 0 Å². The largest absolute Gasteiger partial charge is 0.444 e. The molecule has 24 heavy (non-hydrogen) atoms. The summed E-state index contributed by atoms with van der Waals surface area (Å²) in [5, 5.41) is 7.18. The highest BCUT2D eigenvalue weighted by Crippen LogP contribution is 2.06. The van der Waals surface area contributed by atoms with Crippen LogP contribution in [0.2, 0.25) is 0 Å². The number of carbonyl (C=O) groups excluding carboxylic acids is 4. The predicted octanol–water partition coefficient (Wildman–Crippen LogP) is -1.10. The van der Waals surface area contributed by atoms with E-state index < -0.39 is 47.5 Å². The van der Waals surface area contributed by atoms with E-state index >= 15 is 0 Å². The lowest BCUT2D eigenvalue weighted by Crippen LogP contribution is -2.55. The maximum Gasteiger partial charge on any atom is 0.408 e. The third kappa shape index (κ3) is 8.32. The van der Waals surface area contributed by atoms with Gasteiger partial charge in [-0.25, -0.2) is 10.6 Å². The van der Waals surface area contributed by atoms with E-state index in [9.17, 15) is 19.2 Å². The van der Waals surface area contributed by atoms with Gasteiger partial charge in [0.2, 0.25) is 11.8 Å². The molecule has 0 aromatic heterocycles. The zero-order chi connectivity index (χ0) is 19.1. The second-order valence-corrected chi connectivity index (χ2v) is 6.34. The van der Waals surface area contributed by atoms with Gasteiger partial charge in [0.15, 0.2) is 0 Å². The third-order valence-corrected chi connectivity index (χ3v) is 2.77. The molecule has 0 bridgehead atoms. The van der Waals surface area contributed by atoms with E-state index in [4.69, 9.17) is 10.6 Å². The first kappa shape index (κ1) is 21.6. The number of nitrogens with two attached hydrogens (primary N) is 1. The summed E-state index contributed by atoms with van der Waals surface area (Å²) in [6.45, 7) is 9.43. The summed E-state index contributed by atoms with van der Waals surface area (Å²) < 4.78 is 5.04. The number of hydrogen-bond donors (Lipinski definition) is 5. The lowest BCUT2D eigenvalue weighted by atomic mass is 10.2. The molecular formula is C14H27N5O5. The zero-order valence-corrected chi connectivity index (χ0v) is 14.9. The zero-order valence-electron chi connectivity index (χ0n) is 14.9. The van der Waals surface area contributed by atoms with Gasteiger partial charge in [-0.2, -0.15) is 0 Å². The highest BCUT2D eigenvalue weighted by atomic mass is 16.6. The van der Waals surface area contributed by atoms with E-state index in [-0.39, 0.29) is 0 Å². The first-order valence-electron chi connectivity index (χ1n) is 7.48. The van der Waals surface area contributed by atoms with Gasteiger partial charge in [-0.15, -0.1) is 0 Å². The number of amides is 4. The number of ether oxygens (including phenoxy) is 1. The van der Waals surface area contributed by atoms with Crippen LogP contribution in [0.25, 0.3) is 0 Å². The molecule has 0 aromatic rings. The topological polar surface area (TPSA) is 152 Å². The van der Waals surface area contributed by atoms with Crippen molar-refractivity contribution in [3.05, 3.63) is 0 Å². The molecule has 0 saturated heterocycles. The van der Waals surface area contributed by atoms with Gasteiger partial charge in [0, 0.05) is 0 Å². The molecule has 6 N–H and O–H groups in total. The van der Waals surface area contributed by atoms with E-state index in [1.165, 1.54) is 20.8 Å². The molecule has 0 saturated carbocycles. The SMILES string of the molecule is CC(NC(=O)OC(C)(C)C)C(=O)NC(C)C(=O)NC(C)C(=O)NN. The van der Waals surface area contributed by atoms with Crippen LogP contribution in [0.5, 0.6) is 0 Å². The third-order valence-electron chi connectivity index (χ3n) is 2.77. The lowest BCUT2D eigenvalue weighted by molar-refractivity contribution is -0.131. The van der Waals surface area contributed by atoms with Crippen molar-refractivity contribution in [2.24, 2.45) is 5.84 Å². The van der Waals surface area contributed by atoms with Gasteiger partial charge >= 0.3 is 6.09 Å². The van der Waals surface area contributed by atoms with Gasteiger partial charge < -0.3 is 20.7 Å². The normalized spacial score (nSPS) is 14.6. The molecule has 0 rings (SSSR count). The van der Waals surface area contributed by atoms with E-state index in [2.05, 4.69) is 16.0 Å². The molecule has 0 heterocycles. The second-order valence-electron chi connectivity index (χ2n) is 6.34. The van der Waals surface area contributed by atoms with Gasteiger partial charge in [0.25, 0.3) is 5.91 Å². The average Bonchev–Trinajstić information content (AvgIpc) is 2.43. The Hall–Kier alpha value is -2.36. The standard InChI is InChI=1S/C14H27N5O5/c1-7(10(20)17-9(3)12(22)19-15)16-11(21)8(2)18-13(23)24-14(4,5)6/h7-9H,15H2,1-6H3,(H,16,21)(H,17,20)(H,18,23)(H,19,22). The van der Waals surface area contributed by atoms with E-state index in [1.807, 2.05) is 5.43 Å². The molecule has 0 spiro atoms. The molecule has 3 atom stereocenters. The summed E-state index contributed by atoms with van der Waals surface area (Å²) in [5.41, 5.74) is 1.22. The Kier molecular flexibility index (Phi) is 8.17. The number of rotatable bonds is 6. The molecule has 3 unspecified atom stereocenters. The van der Waals surface area contributed by atoms with Crippen LogP contribution in [0, 0.1) is 0 Å². The van der Waals surface area contributed by atoms with Gasteiger partial charge in [-0.1, -0.05) is 0 Å². The summed E-state index contributed by atoms with van der Waals surface area (Å²) in [7, 11) is 0. The molecule has 0 fully saturated rings. The van der Waals surface area contributed by atoms with Crippen molar-refractivity contribution < 1.29 is 23.9 Å². The summed E-state index contributed by atoms with van der Waals surface area (Å²) >= 11 is 0. The van der Waals surface area contributed by atoms with Crippen LogP contribution < -0.4 is 27.2 Å². The number of nitrogens with one attached hydrogen (secondary N) is 4. The minimum Gasteiger partial charge on any atom is -0.444 e. The van der Waals surface area contributed by atoms with Crippen molar-refractivity contribution in [1.82, 2.24) is 21.4 Å². The minimum absolute atomic E-state index is 0.566. The van der Waals surface area contributed by atoms with Crippen LogP contribution in [0.4, 0.5) is 4.79 Å². The Balaban J connectivity index is 4.45. The Morgan fingerprint density at radius 3 is 1.54 bits per heavy atom. The average molecular weight is 345 g/mol. The van der Waals surface area contributed by atoms with Crippen molar-refractivity contribution in [2.45, 2.75) is 65.3 Å². The highest BCUT2D eigenvalue weighted by molar-refractivity contribution is 5.93. The number of hydrogen-bond acceptors (Lipinski definition) is 6. The molecule has 4 amide bonds. The lowest BCUT2D eigenvalue weighted by Gasteiger charge is -2.23. The van der Waals surface area contributed by atoms with Gasteiger partial charge in [-0.3, -0.25) is 19.8 Å². The minimum atomic E-state index is -0.909. The molecule has 10 heteroatoms. The Morgan fingerprint density at radius 2 is 1.17 bits per heavy atom. The first-order chi connectivity index (χ1) is 10.9. The number of hydrazine groups is 1. The number of alkyl carbamates (subject to hydrolysis) is 1. The van der Waals surface area contributed by atoms with Gasteiger partial charge in [-0.05, 0) is 41.5 Å². The smallest absolute Gasteiger partial charge is 0.408 e. The molecule has 0 aliphatic rings. The monoisotopic (exact) mass is 345 g/mol. The van der Waals surface area contributed by atoms with Crippen LogP contribution in [0.1, 0.15) is 41.5 Å². The molecule has 0 aliphatic carbocycles. The van der Waals surface area contributed by atoms with Crippen molar-refractivity contribution in [1.29, 1.82) is 0 Å². The predicted molar refractivity (Wildman–Crippen MR) is 86.4 cm³/mol. The molecule has 0 radical (unpaired) electrons. The quantitative estimate of drug-likeness (QED) is 0.234. The summed E-state index contributed by atoms with van der Waals surface area (Å²) in [4.78, 5) is 46.7. The fraction of sp³-hybridized carbons (Fsp3) is 0.714. The summed E-state index contributed by atoms with van der Waals surface area (Å²) in [6, 6.07) is -2.66. The van der Waals surface area contributed by atoms with Crippen LogP contribution >= 0.6 is 0 Å². The Morgan fingerprint density at radius 1 is 0.792 bits per heavy atom. The maximum absolute atomic E-state index is 12.0. The summed E-state index contributed by atoms with van der Waals surface area (Å²) in [6.07, 6.45) is -0.740. The molecule has 10 nitrogen and oxygen atoms in total. The van der Waals surface area contributed by atoms with Crippen molar-refractivity contribution in [3.63, 3.8) is 0 Å². The van der Waals surface area contributed by atoms with E-state index in [0.717, 1.165) is 0 Å². The highest BCUT2D eigenvalue weighted by Gasteiger charge is 2.25. The van der Waals surface area contributed by atoms with Crippen LogP contribution in [-0.4, -0.2) is 47.5 Å². The van der Waals surface area contributed by atoms with Gasteiger partial charge in [0.05, 0.1) is 0 Å². The van der Waals surface area contributed by atoms with Crippen molar-refractivity contribution in [2.75, 3.05) is 0 Å². The van der Waals surface area contributed by atoms with E-state index in [1.54, 1.807) is 20.8 Å². The van der Waals surface area contributed by atoms with Crippen LogP contribution in [0.15, 0.2) is 0 Å². The van der Waals surface area contributed by atoms with Crippen LogP contribution in [0.3, 0.4) is 0 Å². The molecular weight excluding hydrogens is 318 g/mol. The fourth-order valence-electron chi connectivity index (χ4n) is 1.48. The molecule has 138 valence electrons. The van der Waals surface area contributed by atoms with Crippen molar-refractivity contribution >= 4 is 23.8 Å². The summed E-state index contributed by atoms with van der Waals surface area (Å²) in [5.74, 6) is 3.26. The Labute approximate surface area is 141 Å². The number of carbonyl (C=O) groups is 4. The van der Waals surface area contributed by atoms with Crippen molar-refractivity contribution in [3.8, 4) is 0 Å². The second kappa shape index (κ2) is 9.06. The maximum atomic E-state index is 12.0. The molecule has 0 aromatic carbocycles. The molecule has 0 aliphatic heterocycles. The Bertz CT molecular complexity index is 488.